The molecular weight excluding hydrogens is 330 g/mol. The number of hydrogen-bond acceptors (Lipinski definition) is 6. The largest absolute Gasteiger partial charge is 0.368 e. The van der Waals surface area contributed by atoms with E-state index in [1.54, 1.807) is 24.2 Å². The molecule has 0 amide bonds. The molecule has 2 heterocycles. The number of nitrogens with one attached hydrogen (secondary N) is 1. The molecule has 0 spiro atoms. The van der Waals surface area contributed by atoms with Crippen molar-refractivity contribution in [2.75, 3.05) is 11.1 Å². The molecule has 0 aliphatic heterocycles. The number of pyridine rings is 1. The first-order valence-corrected chi connectivity index (χ1v) is 9.13. The van der Waals surface area contributed by atoms with E-state index in [0.717, 1.165) is 27.6 Å². The van der Waals surface area contributed by atoms with Crippen molar-refractivity contribution >= 4 is 29.2 Å². The number of hydrogen-bond donors (Lipinski definition) is 2. The zero-order valence-corrected chi connectivity index (χ0v) is 15.5. The van der Waals surface area contributed by atoms with Gasteiger partial charge in [-0.2, -0.15) is 4.98 Å². The Morgan fingerprint density at radius 2 is 1.60 bits per heavy atom. The molecule has 0 atom stereocenters. The van der Waals surface area contributed by atoms with E-state index < -0.39 is 0 Å². The summed E-state index contributed by atoms with van der Waals surface area (Å²) in [6, 6.07) is 14.1. The number of nitrogen functional groups attached to an aromatic ring is 1. The third kappa shape index (κ3) is 5.76. The number of benzene rings is 1. The fraction of sp³-hybridized carbons (Fsp3) is 0.211. The monoisotopic (exact) mass is 353 g/mol. The van der Waals surface area contributed by atoms with E-state index in [1.165, 1.54) is 0 Å². The zero-order valence-electron chi connectivity index (χ0n) is 14.7. The smallest absolute Gasteiger partial charge is 0.222 e. The maximum absolute atomic E-state index is 5.73. The van der Waals surface area contributed by atoms with Gasteiger partial charge < -0.3 is 11.1 Å². The summed E-state index contributed by atoms with van der Waals surface area (Å²) >= 11 is 1.70. The molecule has 130 valence electrons. The molecule has 3 N–H and O–H groups in total. The molecule has 0 saturated heterocycles. The number of aryl methyl sites for hydroxylation is 1. The van der Waals surface area contributed by atoms with Crippen LogP contribution in [0.15, 0.2) is 64.6 Å². The zero-order chi connectivity index (χ0) is 18.1. The third-order valence-electron chi connectivity index (χ3n) is 3.17. The molecule has 0 fully saturated rings. The van der Waals surface area contributed by atoms with Gasteiger partial charge in [0.15, 0.2) is 0 Å². The summed E-state index contributed by atoms with van der Waals surface area (Å²) in [7, 11) is 0. The molecule has 0 bridgehead atoms. The average molecular weight is 353 g/mol. The second kappa shape index (κ2) is 9.64. The first-order valence-electron chi connectivity index (χ1n) is 8.31. The van der Waals surface area contributed by atoms with Gasteiger partial charge in [-0.1, -0.05) is 32.5 Å². The Labute approximate surface area is 153 Å². The van der Waals surface area contributed by atoms with Crippen LogP contribution in [-0.2, 0) is 6.42 Å². The lowest BCUT2D eigenvalue weighted by atomic mass is 10.3. The lowest BCUT2D eigenvalue weighted by Gasteiger charge is -2.08. The molecule has 0 aliphatic rings. The summed E-state index contributed by atoms with van der Waals surface area (Å²) < 4.78 is 0. The first kappa shape index (κ1) is 18.7. The second-order valence-electron chi connectivity index (χ2n) is 4.89. The topological polar surface area (TPSA) is 76.7 Å². The van der Waals surface area contributed by atoms with Crippen LogP contribution in [-0.4, -0.2) is 15.0 Å². The number of rotatable bonds is 5. The molecular formula is C19H23N5S. The van der Waals surface area contributed by atoms with E-state index >= 15 is 0 Å². The summed E-state index contributed by atoms with van der Waals surface area (Å²) in [5.41, 5.74) is 7.61. The van der Waals surface area contributed by atoms with Crippen LogP contribution in [0.2, 0.25) is 0 Å². The van der Waals surface area contributed by atoms with Gasteiger partial charge in [-0.15, -0.1) is 0 Å². The van der Waals surface area contributed by atoms with Gasteiger partial charge in [0.05, 0.1) is 0 Å². The number of anilines is 3. The molecule has 0 aliphatic carbocycles. The summed E-state index contributed by atoms with van der Waals surface area (Å²) in [4.78, 5) is 14.7. The van der Waals surface area contributed by atoms with Crippen LogP contribution in [0.25, 0.3) is 0 Å². The van der Waals surface area contributed by atoms with Crippen LogP contribution in [0, 0.1) is 0 Å². The van der Waals surface area contributed by atoms with Gasteiger partial charge in [-0.05, 0) is 42.8 Å². The van der Waals surface area contributed by atoms with E-state index in [2.05, 4.69) is 32.4 Å². The van der Waals surface area contributed by atoms with Gasteiger partial charge >= 0.3 is 0 Å². The minimum Gasteiger partial charge on any atom is -0.368 e. The molecule has 0 radical (unpaired) electrons. The van der Waals surface area contributed by atoms with E-state index in [-0.39, 0.29) is 5.95 Å². The molecule has 0 unspecified atom stereocenters. The molecule has 1 aromatic carbocycles. The molecule has 0 saturated carbocycles. The predicted octanol–water partition coefficient (Wildman–Crippen LogP) is 4.94. The van der Waals surface area contributed by atoms with Crippen molar-refractivity contribution in [2.45, 2.75) is 37.0 Å². The Hall–Kier alpha value is -2.60. The summed E-state index contributed by atoms with van der Waals surface area (Å²) in [5, 5.41) is 3.26. The quantitative estimate of drug-likeness (QED) is 0.677. The van der Waals surface area contributed by atoms with Crippen LogP contribution < -0.4 is 11.1 Å². The Morgan fingerprint density at radius 3 is 2.24 bits per heavy atom. The molecule has 3 aromatic rings. The highest BCUT2D eigenvalue weighted by atomic mass is 32.2. The highest BCUT2D eigenvalue weighted by Gasteiger charge is 2.03. The van der Waals surface area contributed by atoms with Crippen molar-refractivity contribution in [1.29, 1.82) is 0 Å². The van der Waals surface area contributed by atoms with Crippen molar-refractivity contribution < 1.29 is 0 Å². The van der Waals surface area contributed by atoms with E-state index in [4.69, 9.17) is 5.73 Å². The molecule has 3 rings (SSSR count). The number of nitrogens with zero attached hydrogens (tertiary/aromatic N) is 3. The van der Waals surface area contributed by atoms with Gasteiger partial charge in [0, 0.05) is 39.6 Å². The van der Waals surface area contributed by atoms with Crippen LogP contribution in [0.4, 0.5) is 17.5 Å². The molecule has 2 aromatic heterocycles. The minimum atomic E-state index is 0.289. The Kier molecular flexibility index (Phi) is 7.22. The Morgan fingerprint density at radius 1 is 0.960 bits per heavy atom. The van der Waals surface area contributed by atoms with E-state index in [9.17, 15) is 0 Å². The Balaban J connectivity index is 0.00000109. The lowest BCUT2D eigenvalue weighted by Crippen LogP contribution is -2.02. The second-order valence-corrected chi connectivity index (χ2v) is 6.04. The van der Waals surface area contributed by atoms with Crippen LogP contribution in [0.3, 0.4) is 0 Å². The summed E-state index contributed by atoms with van der Waals surface area (Å²) in [5.74, 6) is 1.00. The third-order valence-corrected chi connectivity index (χ3v) is 4.19. The van der Waals surface area contributed by atoms with Gasteiger partial charge in [0.2, 0.25) is 5.95 Å². The van der Waals surface area contributed by atoms with Crippen LogP contribution >= 0.6 is 11.8 Å². The highest BCUT2D eigenvalue weighted by Crippen LogP contribution is 2.28. The van der Waals surface area contributed by atoms with Gasteiger partial charge in [0.1, 0.15) is 5.82 Å². The Bertz CT molecular complexity index is 776. The number of nitrogens with two attached hydrogens (primary N) is 1. The fourth-order valence-corrected chi connectivity index (χ4v) is 2.86. The highest BCUT2D eigenvalue weighted by molar-refractivity contribution is 7.99. The maximum atomic E-state index is 5.73. The maximum Gasteiger partial charge on any atom is 0.222 e. The van der Waals surface area contributed by atoms with Gasteiger partial charge in [0.25, 0.3) is 0 Å². The molecule has 5 nitrogen and oxygen atoms in total. The summed E-state index contributed by atoms with van der Waals surface area (Å²) in [6.07, 6.45) is 4.41. The van der Waals surface area contributed by atoms with Crippen molar-refractivity contribution in [3.8, 4) is 0 Å². The summed E-state index contributed by atoms with van der Waals surface area (Å²) in [6.45, 7) is 6.04. The van der Waals surface area contributed by atoms with Crippen molar-refractivity contribution in [1.82, 2.24) is 15.0 Å². The minimum absolute atomic E-state index is 0.289. The SMILES string of the molecule is CC.CCc1cc(Nc2ccc(Sc3ccncc3)cc2)nc(N)n1. The van der Waals surface area contributed by atoms with Crippen molar-refractivity contribution in [3.63, 3.8) is 0 Å². The van der Waals surface area contributed by atoms with Crippen LogP contribution in [0.5, 0.6) is 0 Å². The molecule has 25 heavy (non-hydrogen) atoms. The van der Waals surface area contributed by atoms with Crippen LogP contribution in [0.1, 0.15) is 26.5 Å². The van der Waals surface area contributed by atoms with E-state index in [0.29, 0.717) is 5.82 Å². The number of aromatic nitrogens is 3. The standard InChI is InChI=1S/C17H17N5S.C2H6/c1-2-12-11-16(22-17(18)21-12)20-13-3-5-14(6-4-13)23-15-7-9-19-10-8-15;1-2/h3-11H,2H2,1H3,(H3,18,20,21,22);1-2H3. The van der Waals surface area contributed by atoms with E-state index in [1.807, 2.05) is 51.1 Å². The van der Waals surface area contributed by atoms with Gasteiger partial charge in [-0.25, -0.2) is 4.98 Å². The lowest BCUT2D eigenvalue weighted by molar-refractivity contribution is 1.01. The molecule has 6 heteroatoms. The van der Waals surface area contributed by atoms with Crippen molar-refractivity contribution in [2.24, 2.45) is 0 Å². The first-order chi connectivity index (χ1) is 12.2. The normalized spacial score (nSPS) is 9.88. The van der Waals surface area contributed by atoms with Gasteiger partial charge in [-0.3, -0.25) is 4.98 Å². The van der Waals surface area contributed by atoms with Crippen molar-refractivity contribution in [3.05, 3.63) is 60.6 Å². The predicted molar refractivity (Wildman–Crippen MR) is 105 cm³/mol. The fourth-order valence-electron chi connectivity index (χ4n) is 2.06. The average Bonchev–Trinajstić information content (AvgIpc) is 2.65.